The van der Waals surface area contributed by atoms with E-state index in [1.807, 2.05) is 0 Å². The van der Waals surface area contributed by atoms with Gasteiger partial charge in [-0.3, -0.25) is 0 Å². The van der Waals surface area contributed by atoms with Gasteiger partial charge in [0, 0.05) is 24.8 Å². The van der Waals surface area contributed by atoms with E-state index < -0.39 is 0 Å². The standard InChI is InChI=1S/C17H28N2/c1-17(2,3)15-8-6-7-9-16(15)19-12-10-14(11-13-19)18(4)5/h6-9,14H,10-13H2,1-5H3. The van der Waals surface area contributed by atoms with Crippen LogP contribution in [-0.2, 0) is 5.41 Å². The normalized spacial score (nSPS) is 18.1. The summed E-state index contributed by atoms with van der Waals surface area (Å²) in [7, 11) is 4.40. The first-order valence-electron chi connectivity index (χ1n) is 7.40. The topological polar surface area (TPSA) is 6.48 Å². The molecule has 2 rings (SSSR count). The Morgan fingerprint density at radius 1 is 1.05 bits per heavy atom. The van der Waals surface area contributed by atoms with Gasteiger partial charge in [0.1, 0.15) is 0 Å². The van der Waals surface area contributed by atoms with Crippen molar-refractivity contribution in [2.45, 2.75) is 45.1 Å². The van der Waals surface area contributed by atoms with E-state index in [4.69, 9.17) is 0 Å². The van der Waals surface area contributed by atoms with Crippen LogP contribution in [-0.4, -0.2) is 38.1 Å². The number of hydrogen-bond acceptors (Lipinski definition) is 2. The van der Waals surface area contributed by atoms with E-state index in [1.165, 1.54) is 37.2 Å². The molecule has 0 bridgehead atoms. The summed E-state index contributed by atoms with van der Waals surface area (Å²) in [6, 6.07) is 9.65. The third-order valence-electron chi connectivity index (χ3n) is 4.25. The monoisotopic (exact) mass is 260 g/mol. The van der Waals surface area contributed by atoms with Crippen LogP contribution in [0.25, 0.3) is 0 Å². The number of rotatable bonds is 2. The van der Waals surface area contributed by atoms with Crippen molar-refractivity contribution < 1.29 is 0 Å². The van der Waals surface area contributed by atoms with Gasteiger partial charge in [-0.2, -0.15) is 0 Å². The van der Waals surface area contributed by atoms with E-state index in [1.54, 1.807) is 0 Å². The van der Waals surface area contributed by atoms with Crippen molar-refractivity contribution >= 4 is 5.69 Å². The molecule has 1 heterocycles. The first-order valence-corrected chi connectivity index (χ1v) is 7.40. The molecule has 0 unspecified atom stereocenters. The lowest BCUT2D eigenvalue weighted by molar-refractivity contribution is 0.249. The molecule has 0 amide bonds. The fourth-order valence-corrected chi connectivity index (χ4v) is 3.01. The van der Waals surface area contributed by atoms with E-state index in [0.29, 0.717) is 0 Å². The first-order chi connectivity index (χ1) is 8.89. The van der Waals surface area contributed by atoms with Gasteiger partial charge in [-0.25, -0.2) is 0 Å². The minimum atomic E-state index is 0.217. The van der Waals surface area contributed by atoms with Gasteiger partial charge in [0.15, 0.2) is 0 Å². The second-order valence-corrected chi connectivity index (χ2v) is 6.95. The fraction of sp³-hybridized carbons (Fsp3) is 0.647. The van der Waals surface area contributed by atoms with Crippen molar-refractivity contribution in [3.8, 4) is 0 Å². The lowest BCUT2D eigenvalue weighted by Crippen LogP contribution is -2.42. The zero-order valence-electron chi connectivity index (χ0n) is 13.1. The van der Waals surface area contributed by atoms with Gasteiger partial charge in [0.05, 0.1) is 0 Å². The van der Waals surface area contributed by atoms with Crippen molar-refractivity contribution in [1.82, 2.24) is 4.90 Å². The van der Waals surface area contributed by atoms with Crippen LogP contribution in [0.5, 0.6) is 0 Å². The molecule has 0 N–H and O–H groups in total. The molecule has 106 valence electrons. The van der Waals surface area contributed by atoms with Gasteiger partial charge in [0.25, 0.3) is 0 Å². The Morgan fingerprint density at radius 2 is 1.63 bits per heavy atom. The molecule has 1 saturated heterocycles. The van der Waals surface area contributed by atoms with Gasteiger partial charge < -0.3 is 9.80 Å². The van der Waals surface area contributed by atoms with Crippen molar-refractivity contribution in [2.75, 3.05) is 32.1 Å². The largest absolute Gasteiger partial charge is 0.371 e. The molecular formula is C17H28N2. The summed E-state index contributed by atoms with van der Waals surface area (Å²) in [5.74, 6) is 0. The van der Waals surface area contributed by atoms with E-state index in [0.717, 1.165) is 6.04 Å². The SMILES string of the molecule is CN(C)C1CCN(c2ccccc2C(C)(C)C)CC1. The number of hydrogen-bond donors (Lipinski definition) is 0. The summed E-state index contributed by atoms with van der Waals surface area (Å²) in [6.07, 6.45) is 2.54. The molecule has 2 nitrogen and oxygen atoms in total. The van der Waals surface area contributed by atoms with Gasteiger partial charge in [0.2, 0.25) is 0 Å². The molecule has 1 fully saturated rings. The average Bonchev–Trinajstić information content (AvgIpc) is 2.38. The molecule has 0 spiro atoms. The molecule has 19 heavy (non-hydrogen) atoms. The molecule has 1 aliphatic rings. The Kier molecular flexibility index (Phi) is 4.19. The second-order valence-electron chi connectivity index (χ2n) is 6.95. The van der Waals surface area contributed by atoms with Crippen LogP contribution in [0.3, 0.4) is 0 Å². The Bertz CT molecular complexity index is 410. The van der Waals surface area contributed by atoms with Crippen LogP contribution < -0.4 is 4.90 Å². The van der Waals surface area contributed by atoms with Gasteiger partial charge in [-0.1, -0.05) is 39.0 Å². The summed E-state index contributed by atoms with van der Waals surface area (Å²) >= 11 is 0. The number of nitrogens with zero attached hydrogens (tertiary/aromatic N) is 2. The Labute approximate surface area is 118 Å². The van der Waals surface area contributed by atoms with Crippen LogP contribution in [0, 0.1) is 0 Å². The summed E-state index contributed by atoms with van der Waals surface area (Å²) in [5, 5.41) is 0. The highest BCUT2D eigenvalue weighted by molar-refractivity contribution is 5.56. The van der Waals surface area contributed by atoms with Gasteiger partial charge in [-0.15, -0.1) is 0 Å². The highest BCUT2D eigenvalue weighted by Gasteiger charge is 2.25. The summed E-state index contributed by atoms with van der Waals surface area (Å²) < 4.78 is 0. The molecule has 1 aromatic rings. The predicted octanol–water partition coefficient (Wildman–Crippen LogP) is 3.51. The van der Waals surface area contributed by atoms with Gasteiger partial charge in [-0.05, 0) is 44.0 Å². The van der Waals surface area contributed by atoms with Crippen LogP contribution in [0.2, 0.25) is 0 Å². The summed E-state index contributed by atoms with van der Waals surface area (Å²) in [4.78, 5) is 4.94. The maximum absolute atomic E-state index is 2.57. The first kappa shape index (κ1) is 14.4. The van der Waals surface area contributed by atoms with E-state index in [-0.39, 0.29) is 5.41 Å². The molecule has 0 radical (unpaired) electrons. The van der Waals surface area contributed by atoms with Crippen LogP contribution in [0.1, 0.15) is 39.2 Å². The van der Waals surface area contributed by atoms with Crippen LogP contribution in [0.4, 0.5) is 5.69 Å². The van der Waals surface area contributed by atoms with E-state index in [9.17, 15) is 0 Å². The number of benzene rings is 1. The molecule has 0 aromatic heterocycles. The zero-order valence-corrected chi connectivity index (χ0v) is 13.1. The quantitative estimate of drug-likeness (QED) is 0.803. The minimum absolute atomic E-state index is 0.217. The van der Waals surface area contributed by atoms with Crippen LogP contribution >= 0.6 is 0 Å². The molecule has 1 aromatic carbocycles. The summed E-state index contributed by atoms with van der Waals surface area (Å²) in [6.45, 7) is 9.26. The third kappa shape index (κ3) is 3.30. The van der Waals surface area contributed by atoms with E-state index >= 15 is 0 Å². The fourth-order valence-electron chi connectivity index (χ4n) is 3.01. The Morgan fingerprint density at radius 3 is 2.16 bits per heavy atom. The Hall–Kier alpha value is -1.02. The van der Waals surface area contributed by atoms with E-state index in [2.05, 4.69) is 68.9 Å². The van der Waals surface area contributed by atoms with Gasteiger partial charge >= 0.3 is 0 Å². The maximum atomic E-state index is 2.57. The predicted molar refractivity (Wildman–Crippen MR) is 84.1 cm³/mol. The highest BCUT2D eigenvalue weighted by atomic mass is 15.2. The third-order valence-corrected chi connectivity index (χ3v) is 4.25. The Balaban J connectivity index is 2.16. The van der Waals surface area contributed by atoms with Crippen molar-refractivity contribution in [2.24, 2.45) is 0 Å². The maximum Gasteiger partial charge on any atom is 0.0404 e. The van der Waals surface area contributed by atoms with Crippen molar-refractivity contribution in [3.63, 3.8) is 0 Å². The average molecular weight is 260 g/mol. The second kappa shape index (κ2) is 5.54. The minimum Gasteiger partial charge on any atom is -0.371 e. The highest BCUT2D eigenvalue weighted by Crippen LogP contribution is 2.33. The van der Waals surface area contributed by atoms with Crippen LogP contribution in [0.15, 0.2) is 24.3 Å². The number of piperidine rings is 1. The lowest BCUT2D eigenvalue weighted by Gasteiger charge is -2.38. The van der Waals surface area contributed by atoms with Crippen molar-refractivity contribution in [1.29, 1.82) is 0 Å². The summed E-state index contributed by atoms with van der Waals surface area (Å²) in [5.41, 5.74) is 3.13. The smallest absolute Gasteiger partial charge is 0.0404 e. The van der Waals surface area contributed by atoms with Crippen molar-refractivity contribution in [3.05, 3.63) is 29.8 Å². The molecule has 2 heteroatoms. The molecule has 1 aliphatic heterocycles. The lowest BCUT2D eigenvalue weighted by atomic mass is 9.85. The molecule has 0 atom stereocenters. The zero-order chi connectivity index (χ0) is 14.0. The number of para-hydroxylation sites is 1. The molecule has 0 saturated carbocycles. The molecular weight excluding hydrogens is 232 g/mol. The molecule has 0 aliphatic carbocycles. The number of anilines is 1.